The van der Waals surface area contributed by atoms with Gasteiger partial charge in [0.2, 0.25) is 0 Å². The summed E-state index contributed by atoms with van der Waals surface area (Å²) in [6.07, 6.45) is 0.836. The minimum atomic E-state index is 0.713. The molecule has 0 saturated heterocycles. The Bertz CT molecular complexity index is 215. The molecule has 0 unspecified atom stereocenters. The van der Waals surface area contributed by atoms with Gasteiger partial charge in [0.15, 0.2) is 0 Å². The van der Waals surface area contributed by atoms with Crippen molar-refractivity contribution in [2.24, 2.45) is 0 Å². The third-order valence-electron chi connectivity index (χ3n) is 1.30. The molecule has 10 heavy (non-hydrogen) atoms. The second-order valence-electron chi connectivity index (χ2n) is 2.02. The molecular formula is C8H8OS. The molecule has 0 aliphatic rings. The van der Waals surface area contributed by atoms with Gasteiger partial charge in [-0.05, 0) is 5.56 Å². The van der Waals surface area contributed by atoms with E-state index in [0.717, 1.165) is 17.6 Å². The van der Waals surface area contributed by atoms with E-state index in [0.29, 0.717) is 5.56 Å². The first-order valence-corrected chi connectivity index (χ1v) is 3.65. The Morgan fingerprint density at radius 3 is 2.30 bits per heavy atom. The number of aldehydes is 1. The average Bonchev–Trinajstić information content (AvgIpc) is 2.05. The standard InChI is InChI=1S/C8H8OS/c9-5-7-1-3-8(6-10)4-2-7/h1-5,10H,6H2. The maximum Gasteiger partial charge on any atom is 0.150 e. The van der Waals surface area contributed by atoms with Crippen LogP contribution >= 0.6 is 12.6 Å². The zero-order valence-corrected chi connectivity index (χ0v) is 6.34. The minimum absolute atomic E-state index is 0.713. The van der Waals surface area contributed by atoms with Crippen LogP contribution in [0.2, 0.25) is 0 Å². The van der Waals surface area contributed by atoms with Crippen molar-refractivity contribution in [1.82, 2.24) is 0 Å². The van der Waals surface area contributed by atoms with Crippen LogP contribution in [0.1, 0.15) is 15.9 Å². The molecule has 1 rings (SSSR count). The smallest absolute Gasteiger partial charge is 0.150 e. The first kappa shape index (κ1) is 7.35. The Hall–Kier alpha value is -0.760. The SMILES string of the molecule is O=Cc1ccc(CS)cc1. The summed E-state index contributed by atoms with van der Waals surface area (Å²) < 4.78 is 0. The first-order chi connectivity index (χ1) is 4.86. The number of hydrogen-bond donors (Lipinski definition) is 1. The average molecular weight is 152 g/mol. The van der Waals surface area contributed by atoms with Crippen molar-refractivity contribution in [2.45, 2.75) is 5.75 Å². The number of carbonyl (C=O) groups excluding carboxylic acids is 1. The van der Waals surface area contributed by atoms with Gasteiger partial charge in [-0.2, -0.15) is 12.6 Å². The van der Waals surface area contributed by atoms with Crippen LogP contribution < -0.4 is 0 Å². The van der Waals surface area contributed by atoms with E-state index in [-0.39, 0.29) is 0 Å². The molecule has 1 nitrogen and oxygen atoms in total. The van der Waals surface area contributed by atoms with Gasteiger partial charge in [-0.15, -0.1) is 0 Å². The molecular weight excluding hydrogens is 144 g/mol. The molecule has 0 radical (unpaired) electrons. The molecule has 1 aromatic rings. The largest absolute Gasteiger partial charge is 0.298 e. The summed E-state index contributed by atoms with van der Waals surface area (Å²) in [4.78, 5) is 10.2. The fourth-order valence-electron chi connectivity index (χ4n) is 0.702. The third-order valence-corrected chi connectivity index (χ3v) is 1.66. The topological polar surface area (TPSA) is 17.1 Å². The number of thiol groups is 1. The molecule has 0 aromatic heterocycles. The van der Waals surface area contributed by atoms with Crippen LogP contribution in [0, 0.1) is 0 Å². The van der Waals surface area contributed by atoms with Gasteiger partial charge in [-0.3, -0.25) is 4.79 Å². The summed E-state index contributed by atoms with van der Waals surface area (Å²) in [5.41, 5.74) is 1.85. The summed E-state index contributed by atoms with van der Waals surface area (Å²) in [7, 11) is 0. The van der Waals surface area contributed by atoms with Crippen LogP contribution in [0.3, 0.4) is 0 Å². The monoisotopic (exact) mass is 152 g/mol. The van der Waals surface area contributed by atoms with Gasteiger partial charge in [0.25, 0.3) is 0 Å². The van der Waals surface area contributed by atoms with Crippen molar-refractivity contribution >= 4 is 18.9 Å². The van der Waals surface area contributed by atoms with E-state index in [1.165, 1.54) is 0 Å². The number of benzene rings is 1. The lowest BCUT2D eigenvalue weighted by Gasteiger charge is -1.93. The highest BCUT2D eigenvalue weighted by atomic mass is 32.1. The zero-order chi connectivity index (χ0) is 7.40. The van der Waals surface area contributed by atoms with E-state index in [4.69, 9.17) is 0 Å². The summed E-state index contributed by atoms with van der Waals surface area (Å²) in [6.45, 7) is 0. The number of rotatable bonds is 2. The predicted octanol–water partition coefficient (Wildman–Crippen LogP) is 1.93. The normalized spacial score (nSPS) is 9.30. The predicted molar refractivity (Wildman–Crippen MR) is 44.5 cm³/mol. The molecule has 0 aliphatic carbocycles. The van der Waals surface area contributed by atoms with E-state index in [9.17, 15) is 4.79 Å². The van der Waals surface area contributed by atoms with E-state index >= 15 is 0 Å². The highest BCUT2D eigenvalue weighted by molar-refractivity contribution is 7.79. The number of carbonyl (C=O) groups is 1. The Labute approximate surface area is 65.5 Å². The Morgan fingerprint density at radius 2 is 1.90 bits per heavy atom. The lowest BCUT2D eigenvalue weighted by molar-refractivity contribution is 0.112. The second kappa shape index (κ2) is 3.42. The van der Waals surface area contributed by atoms with Gasteiger partial charge in [0.05, 0.1) is 0 Å². The summed E-state index contributed by atoms with van der Waals surface area (Å²) in [5, 5.41) is 0. The lowest BCUT2D eigenvalue weighted by atomic mass is 10.2. The van der Waals surface area contributed by atoms with Gasteiger partial charge in [-0.1, -0.05) is 24.3 Å². The van der Waals surface area contributed by atoms with Gasteiger partial charge in [0.1, 0.15) is 6.29 Å². The van der Waals surface area contributed by atoms with Crippen LogP contribution in [0.5, 0.6) is 0 Å². The van der Waals surface area contributed by atoms with Crippen LogP contribution in [0.15, 0.2) is 24.3 Å². The van der Waals surface area contributed by atoms with Crippen LogP contribution in [-0.2, 0) is 5.75 Å². The Morgan fingerprint density at radius 1 is 1.30 bits per heavy atom. The molecule has 0 fully saturated rings. The molecule has 0 saturated carbocycles. The van der Waals surface area contributed by atoms with Crippen molar-refractivity contribution in [3.63, 3.8) is 0 Å². The maximum atomic E-state index is 10.2. The molecule has 0 atom stereocenters. The van der Waals surface area contributed by atoms with Crippen LogP contribution in [-0.4, -0.2) is 6.29 Å². The molecule has 1 aromatic carbocycles. The van der Waals surface area contributed by atoms with Crippen molar-refractivity contribution in [1.29, 1.82) is 0 Å². The lowest BCUT2D eigenvalue weighted by Crippen LogP contribution is -1.80. The molecule has 0 N–H and O–H groups in total. The highest BCUT2D eigenvalue weighted by Crippen LogP contribution is 2.04. The zero-order valence-electron chi connectivity index (χ0n) is 5.45. The van der Waals surface area contributed by atoms with E-state index in [2.05, 4.69) is 12.6 Å². The van der Waals surface area contributed by atoms with Crippen molar-refractivity contribution < 1.29 is 4.79 Å². The van der Waals surface area contributed by atoms with Gasteiger partial charge >= 0.3 is 0 Å². The Kier molecular flexibility index (Phi) is 2.51. The maximum absolute atomic E-state index is 10.2. The molecule has 0 spiro atoms. The van der Waals surface area contributed by atoms with Crippen molar-refractivity contribution in [3.8, 4) is 0 Å². The second-order valence-corrected chi connectivity index (χ2v) is 2.33. The number of hydrogen-bond acceptors (Lipinski definition) is 2. The fourth-order valence-corrected chi connectivity index (χ4v) is 0.912. The minimum Gasteiger partial charge on any atom is -0.298 e. The van der Waals surface area contributed by atoms with Gasteiger partial charge < -0.3 is 0 Å². The van der Waals surface area contributed by atoms with E-state index in [1.54, 1.807) is 12.1 Å². The van der Waals surface area contributed by atoms with Crippen molar-refractivity contribution in [3.05, 3.63) is 35.4 Å². The third kappa shape index (κ3) is 1.61. The summed E-state index contributed by atoms with van der Waals surface area (Å²) >= 11 is 4.09. The van der Waals surface area contributed by atoms with Gasteiger partial charge in [-0.25, -0.2) is 0 Å². The van der Waals surface area contributed by atoms with E-state index < -0.39 is 0 Å². The summed E-state index contributed by atoms with van der Waals surface area (Å²) in [5.74, 6) is 0.721. The molecule has 0 bridgehead atoms. The molecule has 2 heteroatoms. The van der Waals surface area contributed by atoms with E-state index in [1.807, 2.05) is 12.1 Å². The van der Waals surface area contributed by atoms with Crippen LogP contribution in [0.4, 0.5) is 0 Å². The molecule has 0 amide bonds. The molecule has 52 valence electrons. The fraction of sp³-hybridized carbons (Fsp3) is 0.125. The van der Waals surface area contributed by atoms with Crippen molar-refractivity contribution in [2.75, 3.05) is 0 Å². The molecule has 0 aliphatic heterocycles. The van der Waals surface area contributed by atoms with Gasteiger partial charge in [0, 0.05) is 11.3 Å². The summed E-state index contributed by atoms with van der Waals surface area (Å²) in [6, 6.07) is 7.38. The first-order valence-electron chi connectivity index (χ1n) is 3.02. The van der Waals surface area contributed by atoms with Crippen LogP contribution in [0.25, 0.3) is 0 Å². The Balaban J connectivity index is 2.90. The highest BCUT2D eigenvalue weighted by Gasteiger charge is 1.88. The molecule has 0 heterocycles. The quantitative estimate of drug-likeness (QED) is 0.506.